The van der Waals surface area contributed by atoms with Gasteiger partial charge in [-0.15, -0.1) is 10.2 Å². The van der Waals surface area contributed by atoms with Crippen molar-refractivity contribution in [2.75, 3.05) is 6.54 Å². The molecule has 15 heavy (non-hydrogen) atoms. The summed E-state index contributed by atoms with van der Waals surface area (Å²) in [4.78, 5) is 4.17. The lowest BCUT2D eigenvalue weighted by Gasteiger charge is -1.93. The van der Waals surface area contributed by atoms with Gasteiger partial charge in [-0.3, -0.25) is 4.98 Å². The number of hydrogen-bond acceptors (Lipinski definition) is 5. The highest BCUT2D eigenvalue weighted by atomic mass is 35.5. The molecule has 0 spiro atoms. The van der Waals surface area contributed by atoms with Crippen LogP contribution in [0.15, 0.2) is 18.3 Å². The van der Waals surface area contributed by atoms with Crippen LogP contribution in [0, 0.1) is 0 Å². The van der Waals surface area contributed by atoms with Crippen molar-refractivity contribution in [3.05, 3.63) is 28.4 Å². The summed E-state index contributed by atoms with van der Waals surface area (Å²) in [5.74, 6) is 0. The van der Waals surface area contributed by atoms with Crippen LogP contribution in [0.5, 0.6) is 0 Å². The molecule has 2 heterocycles. The lowest BCUT2D eigenvalue weighted by Crippen LogP contribution is -2.01. The molecule has 2 rings (SSSR count). The minimum Gasteiger partial charge on any atom is -0.330 e. The van der Waals surface area contributed by atoms with Gasteiger partial charge < -0.3 is 5.73 Å². The third-order valence-corrected chi connectivity index (χ3v) is 3.00. The molecule has 0 bridgehead atoms. The molecule has 0 unspecified atom stereocenters. The van der Waals surface area contributed by atoms with E-state index in [2.05, 4.69) is 15.2 Å². The van der Waals surface area contributed by atoms with Crippen LogP contribution in [0.2, 0.25) is 5.02 Å². The molecular weight excluding hydrogens is 232 g/mol. The molecular formula is C9H9ClN4S. The molecule has 0 atom stereocenters. The number of rotatable bonds is 3. The molecule has 4 nitrogen and oxygen atoms in total. The fourth-order valence-corrected chi connectivity index (χ4v) is 2.03. The summed E-state index contributed by atoms with van der Waals surface area (Å²) in [6, 6.07) is 3.61. The van der Waals surface area contributed by atoms with Gasteiger partial charge in [0, 0.05) is 12.6 Å². The molecule has 0 saturated heterocycles. The summed E-state index contributed by atoms with van der Waals surface area (Å²) in [6.45, 7) is 0.586. The average Bonchev–Trinajstić information content (AvgIpc) is 2.68. The Hall–Kier alpha value is -1.04. The van der Waals surface area contributed by atoms with E-state index in [0.29, 0.717) is 11.6 Å². The fourth-order valence-electron chi connectivity index (χ4n) is 1.08. The van der Waals surface area contributed by atoms with Crippen LogP contribution in [0.25, 0.3) is 10.7 Å². The quantitative estimate of drug-likeness (QED) is 0.888. The van der Waals surface area contributed by atoms with Crippen LogP contribution in [0.1, 0.15) is 5.01 Å². The van der Waals surface area contributed by atoms with Crippen molar-refractivity contribution >= 4 is 22.9 Å². The van der Waals surface area contributed by atoms with Crippen molar-refractivity contribution < 1.29 is 0 Å². The molecule has 0 radical (unpaired) electrons. The Morgan fingerprint density at radius 2 is 2.20 bits per heavy atom. The van der Waals surface area contributed by atoms with E-state index in [1.807, 2.05) is 6.07 Å². The van der Waals surface area contributed by atoms with E-state index in [0.717, 1.165) is 22.1 Å². The van der Waals surface area contributed by atoms with Gasteiger partial charge in [0.2, 0.25) is 0 Å². The molecule has 2 aromatic rings. The van der Waals surface area contributed by atoms with Gasteiger partial charge in [-0.05, 0) is 18.7 Å². The molecule has 78 valence electrons. The molecule has 0 saturated carbocycles. The van der Waals surface area contributed by atoms with Gasteiger partial charge in [-0.25, -0.2) is 0 Å². The van der Waals surface area contributed by atoms with E-state index < -0.39 is 0 Å². The van der Waals surface area contributed by atoms with Gasteiger partial charge in [0.05, 0.1) is 5.02 Å². The van der Waals surface area contributed by atoms with Gasteiger partial charge >= 0.3 is 0 Å². The van der Waals surface area contributed by atoms with E-state index in [1.54, 1.807) is 12.3 Å². The standard InChI is InChI=1S/C9H9ClN4S/c10-6-1-2-7(12-5-6)9-14-13-8(15-9)3-4-11/h1-2,5H,3-4,11H2. The lowest BCUT2D eigenvalue weighted by atomic mass is 10.4. The Morgan fingerprint density at radius 1 is 1.33 bits per heavy atom. The summed E-state index contributed by atoms with van der Waals surface area (Å²) in [7, 11) is 0. The first-order valence-corrected chi connectivity index (χ1v) is 5.63. The Balaban J connectivity index is 2.25. The normalized spacial score (nSPS) is 10.5. The monoisotopic (exact) mass is 240 g/mol. The van der Waals surface area contributed by atoms with Crippen LogP contribution in [-0.4, -0.2) is 21.7 Å². The largest absolute Gasteiger partial charge is 0.330 e. The first kappa shape index (κ1) is 10.5. The van der Waals surface area contributed by atoms with Gasteiger partial charge in [0.25, 0.3) is 0 Å². The zero-order valence-corrected chi connectivity index (χ0v) is 9.42. The second kappa shape index (κ2) is 4.65. The molecule has 0 aliphatic carbocycles. The highest BCUT2D eigenvalue weighted by Gasteiger charge is 2.06. The maximum atomic E-state index is 5.74. The summed E-state index contributed by atoms with van der Waals surface area (Å²) >= 11 is 7.25. The Morgan fingerprint density at radius 3 is 2.87 bits per heavy atom. The third kappa shape index (κ3) is 2.50. The zero-order valence-electron chi connectivity index (χ0n) is 7.85. The minimum absolute atomic E-state index is 0.586. The van der Waals surface area contributed by atoms with Crippen molar-refractivity contribution in [1.82, 2.24) is 15.2 Å². The second-order valence-electron chi connectivity index (χ2n) is 2.90. The zero-order chi connectivity index (χ0) is 10.7. The number of aromatic nitrogens is 3. The SMILES string of the molecule is NCCc1nnc(-c2ccc(Cl)cn2)s1. The third-order valence-electron chi connectivity index (χ3n) is 1.77. The van der Waals surface area contributed by atoms with E-state index in [-0.39, 0.29) is 0 Å². The fraction of sp³-hybridized carbons (Fsp3) is 0.222. The van der Waals surface area contributed by atoms with E-state index >= 15 is 0 Å². The van der Waals surface area contributed by atoms with Crippen LogP contribution in [0.3, 0.4) is 0 Å². The smallest absolute Gasteiger partial charge is 0.166 e. The van der Waals surface area contributed by atoms with Crippen LogP contribution < -0.4 is 5.73 Å². The molecule has 0 amide bonds. The number of nitrogens with two attached hydrogens (primary N) is 1. The number of hydrogen-bond donors (Lipinski definition) is 1. The van der Waals surface area contributed by atoms with Gasteiger partial charge in [0.15, 0.2) is 5.01 Å². The molecule has 0 aromatic carbocycles. The Labute approximate surface area is 96.1 Å². The maximum absolute atomic E-state index is 5.74. The number of halogens is 1. The van der Waals surface area contributed by atoms with Gasteiger partial charge in [-0.1, -0.05) is 22.9 Å². The highest BCUT2D eigenvalue weighted by Crippen LogP contribution is 2.22. The highest BCUT2D eigenvalue weighted by molar-refractivity contribution is 7.14. The maximum Gasteiger partial charge on any atom is 0.166 e. The molecule has 0 fully saturated rings. The van der Waals surface area contributed by atoms with Crippen molar-refractivity contribution in [3.8, 4) is 10.7 Å². The summed E-state index contributed by atoms with van der Waals surface area (Å²) in [6.07, 6.45) is 2.35. The predicted molar refractivity (Wildman–Crippen MR) is 60.9 cm³/mol. The molecule has 2 aromatic heterocycles. The van der Waals surface area contributed by atoms with Crippen molar-refractivity contribution in [2.24, 2.45) is 5.73 Å². The number of pyridine rings is 1. The molecule has 0 aliphatic heterocycles. The first-order valence-electron chi connectivity index (χ1n) is 4.44. The van der Waals surface area contributed by atoms with Crippen LogP contribution >= 0.6 is 22.9 Å². The summed E-state index contributed by atoms with van der Waals surface area (Å²) in [5, 5.41) is 10.4. The van der Waals surface area contributed by atoms with Crippen LogP contribution in [0.4, 0.5) is 0 Å². The van der Waals surface area contributed by atoms with Gasteiger partial charge in [-0.2, -0.15) is 0 Å². The predicted octanol–water partition coefficient (Wildman–Crippen LogP) is 1.75. The van der Waals surface area contributed by atoms with E-state index in [4.69, 9.17) is 17.3 Å². The summed E-state index contributed by atoms with van der Waals surface area (Å²) in [5.41, 5.74) is 6.23. The molecule has 6 heteroatoms. The van der Waals surface area contributed by atoms with Gasteiger partial charge in [0.1, 0.15) is 10.7 Å². The van der Waals surface area contributed by atoms with Crippen molar-refractivity contribution in [1.29, 1.82) is 0 Å². The average molecular weight is 241 g/mol. The Kier molecular flexibility index (Phi) is 3.25. The molecule has 0 aliphatic rings. The molecule has 2 N–H and O–H groups in total. The lowest BCUT2D eigenvalue weighted by molar-refractivity contribution is 0.913. The van der Waals surface area contributed by atoms with Crippen LogP contribution in [-0.2, 0) is 6.42 Å². The number of nitrogens with zero attached hydrogens (tertiary/aromatic N) is 3. The Bertz CT molecular complexity index is 440. The second-order valence-corrected chi connectivity index (χ2v) is 4.40. The van der Waals surface area contributed by atoms with Crippen molar-refractivity contribution in [2.45, 2.75) is 6.42 Å². The van der Waals surface area contributed by atoms with E-state index in [9.17, 15) is 0 Å². The minimum atomic E-state index is 0.586. The topological polar surface area (TPSA) is 64.7 Å². The van der Waals surface area contributed by atoms with E-state index in [1.165, 1.54) is 11.3 Å². The first-order chi connectivity index (χ1) is 7.29. The van der Waals surface area contributed by atoms with Crippen molar-refractivity contribution in [3.63, 3.8) is 0 Å². The summed E-state index contributed by atoms with van der Waals surface area (Å²) < 4.78 is 0.